The van der Waals surface area contributed by atoms with Crippen LogP contribution in [0.25, 0.3) is 0 Å². The summed E-state index contributed by atoms with van der Waals surface area (Å²) in [5, 5.41) is 10.5. The molecule has 5 N–H and O–H groups in total. The summed E-state index contributed by atoms with van der Waals surface area (Å²) in [4.78, 5) is 49.1. The van der Waals surface area contributed by atoms with Crippen LogP contribution in [0.5, 0.6) is 0 Å². The van der Waals surface area contributed by atoms with Crippen LogP contribution >= 0.6 is 0 Å². The van der Waals surface area contributed by atoms with Crippen molar-refractivity contribution in [3.8, 4) is 0 Å². The molecule has 4 rings (SSSR count). The first-order chi connectivity index (χ1) is 20.4. The van der Waals surface area contributed by atoms with Crippen LogP contribution < -0.4 is 26.0 Å². The Morgan fingerprint density at radius 1 is 0.558 bits per heavy atom. The second-order valence-electron chi connectivity index (χ2n) is 9.52. The zero-order valence-corrected chi connectivity index (χ0v) is 24.3. The Balaban J connectivity index is 1.62. The molecule has 220 valence electrons. The van der Waals surface area contributed by atoms with Crippen molar-refractivity contribution >= 4 is 62.1 Å². The summed E-state index contributed by atoms with van der Waals surface area (Å²) < 4.78 is 29.1. The van der Waals surface area contributed by atoms with Gasteiger partial charge in [0.15, 0.2) is 11.6 Å². The molecule has 43 heavy (non-hydrogen) atoms. The smallest absolute Gasteiger partial charge is 0.308 e. The molecule has 0 aliphatic rings. The van der Waals surface area contributed by atoms with Crippen LogP contribution in [-0.2, 0) is 10.0 Å². The zero-order chi connectivity index (χ0) is 31.1. The molecule has 4 aromatic carbocycles. The SMILES string of the molecule is CC(=O)c1ccc(NC(=O)Nc2cccc(NS(=O)(=O)c3ccccc3C)c2NC(=O)Nc2ccc(C(C)=O)cc2)cc1. The average molecular weight is 600 g/mol. The number of ketones is 2. The molecular formula is C31H29N5O6S. The molecule has 0 bridgehead atoms. The minimum absolute atomic E-state index is 0.00561. The van der Waals surface area contributed by atoms with Crippen molar-refractivity contribution in [2.75, 3.05) is 26.0 Å². The third-order valence-corrected chi connectivity index (χ3v) is 7.80. The Morgan fingerprint density at radius 2 is 1.05 bits per heavy atom. The lowest BCUT2D eigenvalue weighted by Crippen LogP contribution is -2.25. The first kappa shape index (κ1) is 30.5. The highest BCUT2D eigenvalue weighted by atomic mass is 32.2. The molecule has 0 aliphatic carbocycles. The van der Waals surface area contributed by atoms with Crippen LogP contribution in [0.1, 0.15) is 40.1 Å². The number of nitrogens with one attached hydrogen (secondary N) is 5. The fourth-order valence-electron chi connectivity index (χ4n) is 4.07. The first-order valence-corrected chi connectivity index (χ1v) is 14.5. The number of Topliss-reactive ketones (excluding diaryl/α,β-unsaturated/α-hetero) is 2. The fourth-order valence-corrected chi connectivity index (χ4v) is 5.39. The van der Waals surface area contributed by atoms with E-state index in [1.807, 2.05) is 0 Å². The molecule has 0 radical (unpaired) electrons. The number of aryl methyl sites for hydroxylation is 1. The van der Waals surface area contributed by atoms with Crippen LogP contribution in [0.4, 0.5) is 38.0 Å². The van der Waals surface area contributed by atoms with Crippen molar-refractivity contribution in [2.24, 2.45) is 0 Å². The van der Waals surface area contributed by atoms with Crippen LogP contribution in [0.2, 0.25) is 0 Å². The number of urea groups is 2. The van der Waals surface area contributed by atoms with Gasteiger partial charge in [-0.1, -0.05) is 24.3 Å². The van der Waals surface area contributed by atoms with Crippen LogP contribution in [0, 0.1) is 6.92 Å². The average Bonchev–Trinajstić information content (AvgIpc) is 2.95. The molecule has 4 amide bonds. The van der Waals surface area contributed by atoms with Gasteiger partial charge in [-0.3, -0.25) is 14.3 Å². The van der Waals surface area contributed by atoms with E-state index in [2.05, 4.69) is 26.0 Å². The maximum Gasteiger partial charge on any atom is 0.323 e. The maximum absolute atomic E-state index is 13.3. The van der Waals surface area contributed by atoms with E-state index < -0.39 is 22.1 Å². The van der Waals surface area contributed by atoms with E-state index in [1.54, 1.807) is 73.7 Å². The minimum atomic E-state index is -4.09. The normalized spacial score (nSPS) is 10.8. The molecule has 0 spiro atoms. The van der Waals surface area contributed by atoms with E-state index >= 15 is 0 Å². The topological polar surface area (TPSA) is 163 Å². The molecule has 0 atom stereocenters. The van der Waals surface area contributed by atoms with E-state index in [9.17, 15) is 27.6 Å². The number of carbonyl (C=O) groups excluding carboxylic acids is 4. The lowest BCUT2D eigenvalue weighted by molar-refractivity contribution is 0.100. The second-order valence-corrected chi connectivity index (χ2v) is 11.2. The highest BCUT2D eigenvalue weighted by molar-refractivity contribution is 7.92. The Labute approximate surface area is 248 Å². The molecule has 0 saturated carbocycles. The van der Waals surface area contributed by atoms with Gasteiger partial charge in [0, 0.05) is 22.5 Å². The molecule has 0 heterocycles. The van der Waals surface area contributed by atoms with Gasteiger partial charge >= 0.3 is 12.1 Å². The Hall–Kier alpha value is -5.49. The van der Waals surface area contributed by atoms with Gasteiger partial charge < -0.3 is 21.3 Å². The largest absolute Gasteiger partial charge is 0.323 e. The Morgan fingerprint density at radius 3 is 1.56 bits per heavy atom. The molecule has 0 aliphatic heterocycles. The summed E-state index contributed by atoms with van der Waals surface area (Å²) >= 11 is 0. The predicted octanol–water partition coefficient (Wildman–Crippen LogP) is 6.49. The van der Waals surface area contributed by atoms with Crippen molar-refractivity contribution in [1.29, 1.82) is 0 Å². The molecule has 0 aromatic heterocycles. The van der Waals surface area contributed by atoms with Crippen molar-refractivity contribution in [3.63, 3.8) is 0 Å². The number of hydrogen-bond donors (Lipinski definition) is 5. The van der Waals surface area contributed by atoms with E-state index in [4.69, 9.17) is 0 Å². The number of anilines is 5. The highest BCUT2D eigenvalue weighted by Gasteiger charge is 2.21. The number of benzene rings is 4. The van der Waals surface area contributed by atoms with Gasteiger partial charge in [-0.05, 0) is 93.1 Å². The maximum atomic E-state index is 13.3. The summed E-state index contributed by atoms with van der Waals surface area (Å²) in [5.74, 6) is -0.251. The van der Waals surface area contributed by atoms with E-state index in [0.29, 0.717) is 28.1 Å². The van der Waals surface area contributed by atoms with E-state index in [-0.39, 0.29) is 33.5 Å². The van der Waals surface area contributed by atoms with Gasteiger partial charge in [0.2, 0.25) is 0 Å². The first-order valence-electron chi connectivity index (χ1n) is 13.0. The Kier molecular flexibility index (Phi) is 9.21. The number of carbonyl (C=O) groups is 4. The van der Waals surface area contributed by atoms with Crippen molar-refractivity contribution in [3.05, 3.63) is 108 Å². The lowest BCUT2D eigenvalue weighted by atomic mass is 10.1. The Bertz CT molecular complexity index is 1800. The van der Waals surface area contributed by atoms with Gasteiger partial charge in [0.25, 0.3) is 10.0 Å². The molecule has 11 nitrogen and oxygen atoms in total. The summed E-state index contributed by atoms with van der Waals surface area (Å²) in [6, 6.07) is 21.9. The third-order valence-electron chi connectivity index (χ3n) is 6.28. The van der Waals surface area contributed by atoms with Gasteiger partial charge in [-0.15, -0.1) is 0 Å². The van der Waals surface area contributed by atoms with Crippen LogP contribution in [0.15, 0.2) is 95.9 Å². The van der Waals surface area contributed by atoms with Crippen LogP contribution in [-0.4, -0.2) is 32.0 Å². The van der Waals surface area contributed by atoms with Gasteiger partial charge in [-0.25, -0.2) is 18.0 Å². The van der Waals surface area contributed by atoms with Gasteiger partial charge in [0.1, 0.15) is 0 Å². The number of amides is 4. The summed E-state index contributed by atoms with van der Waals surface area (Å²) in [7, 11) is -4.09. The standard InChI is InChI=1S/C31H29N5O6S/c1-19-7-4-5-10-28(19)43(41,42)36-27-9-6-8-26(34-30(39)32-24-15-11-22(12-16-24)20(2)37)29(27)35-31(40)33-25-17-13-23(14-18-25)21(3)38/h4-18,36H,1-3H3,(H2,32,34,39)(H2,33,35,40). The quantitative estimate of drug-likeness (QED) is 0.138. The van der Waals surface area contributed by atoms with Crippen LogP contribution in [0.3, 0.4) is 0 Å². The number of sulfonamides is 1. The van der Waals surface area contributed by atoms with E-state index in [0.717, 1.165) is 0 Å². The van der Waals surface area contributed by atoms with Gasteiger partial charge in [-0.2, -0.15) is 0 Å². The number of rotatable bonds is 9. The molecular weight excluding hydrogens is 570 g/mol. The summed E-state index contributed by atoms with van der Waals surface area (Å²) in [6.45, 7) is 4.51. The molecule has 4 aromatic rings. The number of para-hydroxylation sites is 1. The highest BCUT2D eigenvalue weighted by Crippen LogP contribution is 2.33. The molecule has 0 fully saturated rings. The minimum Gasteiger partial charge on any atom is -0.308 e. The summed E-state index contributed by atoms with van der Waals surface area (Å²) in [6.07, 6.45) is 0. The third kappa shape index (κ3) is 7.83. The predicted molar refractivity (Wildman–Crippen MR) is 167 cm³/mol. The monoisotopic (exact) mass is 599 g/mol. The van der Waals surface area contributed by atoms with Crippen molar-refractivity contribution in [2.45, 2.75) is 25.7 Å². The molecule has 12 heteroatoms. The second kappa shape index (κ2) is 13.0. The van der Waals surface area contributed by atoms with Crippen molar-refractivity contribution in [1.82, 2.24) is 0 Å². The zero-order valence-electron chi connectivity index (χ0n) is 23.5. The lowest BCUT2D eigenvalue weighted by Gasteiger charge is -2.19. The number of hydrogen-bond acceptors (Lipinski definition) is 6. The fraction of sp³-hybridized carbons (Fsp3) is 0.0968. The van der Waals surface area contributed by atoms with Gasteiger partial charge in [0.05, 0.1) is 22.0 Å². The molecule has 0 saturated heterocycles. The summed E-state index contributed by atoms with van der Waals surface area (Å²) in [5.41, 5.74) is 2.30. The molecule has 0 unspecified atom stereocenters. The van der Waals surface area contributed by atoms with E-state index in [1.165, 1.54) is 38.1 Å². The van der Waals surface area contributed by atoms with Crippen molar-refractivity contribution < 1.29 is 27.6 Å².